The second-order valence-corrected chi connectivity index (χ2v) is 3.85. The van der Waals surface area contributed by atoms with Crippen LogP contribution in [0.5, 0.6) is 0 Å². The zero-order chi connectivity index (χ0) is 6.85. The molecule has 0 aromatic heterocycles. The molecule has 0 aliphatic heterocycles. The zero-order valence-corrected chi connectivity index (χ0v) is 12.2. The van der Waals surface area contributed by atoms with Crippen molar-refractivity contribution in [2.75, 3.05) is 0 Å². The van der Waals surface area contributed by atoms with E-state index >= 15 is 0 Å². The van der Waals surface area contributed by atoms with Crippen molar-refractivity contribution >= 4 is 44.5 Å². The molecule has 0 unspecified atom stereocenters. The van der Waals surface area contributed by atoms with E-state index in [0.29, 0.717) is 0 Å². The Morgan fingerprint density at radius 1 is 1.20 bits per heavy atom. The number of hydrogen-bond donors (Lipinski definition) is 1. The molecular weight excluding hydrogens is 329 g/mol. The van der Waals surface area contributed by atoms with Crippen molar-refractivity contribution in [3.05, 3.63) is 27.1 Å². The Labute approximate surface area is 95.2 Å². The monoisotopic (exact) mass is 330 g/mol. The first kappa shape index (κ1) is 11.2. The quantitative estimate of drug-likeness (QED) is 0.545. The minimum Gasteiger partial charge on any atom is -0.142 e. The van der Waals surface area contributed by atoms with Crippen LogP contribution in [0.1, 0.15) is 0 Å². The molecule has 1 aromatic carbocycles. The molecule has 0 nitrogen and oxygen atoms in total. The van der Waals surface area contributed by atoms with Crippen molar-refractivity contribution in [1.82, 2.24) is 0 Å². The summed E-state index contributed by atoms with van der Waals surface area (Å²) in [5, 5.41) is 0. The third-order valence-electron chi connectivity index (χ3n) is 0.908. The second-order valence-electron chi connectivity index (χ2n) is 1.60. The van der Waals surface area contributed by atoms with E-state index in [9.17, 15) is 0 Å². The number of hydrogen-bond acceptors (Lipinski definition) is 1. The molecule has 0 atom stereocenters. The maximum absolute atomic E-state index is 4.19. The van der Waals surface area contributed by atoms with Gasteiger partial charge in [-0.3, -0.25) is 0 Å². The summed E-state index contributed by atoms with van der Waals surface area (Å²) in [5.74, 6) is 0. The summed E-state index contributed by atoms with van der Waals surface area (Å²) < 4.78 is 2.07. The van der Waals surface area contributed by atoms with Gasteiger partial charge >= 0.3 is 0 Å². The molecule has 0 bridgehead atoms. The molecule has 1 aromatic rings. The van der Waals surface area contributed by atoms with Gasteiger partial charge in [-0.15, -0.1) is 12.6 Å². The fraction of sp³-hybridized carbons (Fsp3) is 0. The van der Waals surface area contributed by atoms with Gasteiger partial charge in [0, 0.05) is 33.3 Å². The van der Waals surface area contributed by atoms with Crippen molar-refractivity contribution in [2.45, 2.75) is 4.90 Å². The average Bonchev–Trinajstić information content (AvgIpc) is 1.80. The molecule has 0 heterocycles. The third-order valence-corrected chi connectivity index (χ3v) is 2.77. The second kappa shape index (κ2) is 4.92. The standard InChI is InChI=1S/C6H4Br2S.Zn/c7-4-1-2-5(8)6(9)3-4;/h1-3,9H;. The van der Waals surface area contributed by atoms with Crippen LogP contribution in [0, 0.1) is 0 Å². The van der Waals surface area contributed by atoms with E-state index in [4.69, 9.17) is 0 Å². The van der Waals surface area contributed by atoms with Crippen LogP contribution in [0.2, 0.25) is 0 Å². The Bertz CT molecular complexity index is 227. The summed E-state index contributed by atoms with van der Waals surface area (Å²) in [6, 6.07) is 5.85. The average molecular weight is 333 g/mol. The topological polar surface area (TPSA) is 0 Å². The van der Waals surface area contributed by atoms with E-state index in [-0.39, 0.29) is 19.5 Å². The number of benzene rings is 1. The molecule has 0 aliphatic carbocycles. The molecule has 0 amide bonds. The van der Waals surface area contributed by atoms with Gasteiger partial charge in [-0.05, 0) is 34.1 Å². The smallest absolute Gasteiger partial charge is 0.0309 e. The first-order chi connectivity index (χ1) is 4.20. The Kier molecular flexibility index (Phi) is 5.48. The van der Waals surface area contributed by atoms with Crippen LogP contribution in [0.15, 0.2) is 32.0 Å². The van der Waals surface area contributed by atoms with Gasteiger partial charge in [-0.1, -0.05) is 15.9 Å². The number of rotatable bonds is 0. The van der Waals surface area contributed by atoms with Crippen molar-refractivity contribution in [3.8, 4) is 0 Å². The van der Waals surface area contributed by atoms with Gasteiger partial charge in [0.15, 0.2) is 0 Å². The van der Waals surface area contributed by atoms with Gasteiger partial charge in [-0.25, -0.2) is 0 Å². The Morgan fingerprint density at radius 3 is 2.20 bits per heavy atom. The van der Waals surface area contributed by atoms with Crippen molar-refractivity contribution < 1.29 is 19.5 Å². The molecule has 0 spiro atoms. The predicted octanol–water partition coefficient (Wildman–Crippen LogP) is 3.50. The molecule has 0 N–H and O–H groups in total. The minimum absolute atomic E-state index is 0. The SMILES string of the molecule is Sc1cc(Br)ccc1Br.[Zn]. The van der Waals surface area contributed by atoms with E-state index in [0.717, 1.165) is 13.8 Å². The molecule has 4 heteroatoms. The van der Waals surface area contributed by atoms with E-state index in [2.05, 4.69) is 44.5 Å². The number of halogens is 2. The molecule has 0 fully saturated rings. The van der Waals surface area contributed by atoms with Crippen LogP contribution in [-0.2, 0) is 19.5 Å². The first-order valence-electron chi connectivity index (χ1n) is 2.34. The van der Waals surface area contributed by atoms with Crippen molar-refractivity contribution in [1.29, 1.82) is 0 Å². The maximum Gasteiger partial charge on any atom is 0.0309 e. The van der Waals surface area contributed by atoms with Crippen LogP contribution in [-0.4, -0.2) is 0 Å². The van der Waals surface area contributed by atoms with Gasteiger partial charge in [0.25, 0.3) is 0 Å². The normalized spacial score (nSPS) is 8.70. The van der Waals surface area contributed by atoms with Crippen LogP contribution in [0.3, 0.4) is 0 Å². The zero-order valence-electron chi connectivity index (χ0n) is 5.14. The van der Waals surface area contributed by atoms with Gasteiger partial charge in [0.2, 0.25) is 0 Å². The maximum atomic E-state index is 4.19. The largest absolute Gasteiger partial charge is 0.142 e. The van der Waals surface area contributed by atoms with Crippen LogP contribution in [0.25, 0.3) is 0 Å². The van der Waals surface area contributed by atoms with Gasteiger partial charge in [0.05, 0.1) is 0 Å². The van der Waals surface area contributed by atoms with Crippen LogP contribution >= 0.6 is 44.5 Å². The van der Waals surface area contributed by atoms with Crippen LogP contribution < -0.4 is 0 Å². The Morgan fingerprint density at radius 2 is 1.80 bits per heavy atom. The molecule has 0 aliphatic rings. The molecule has 1 rings (SSSR count). The van der Waals surface area contributed by atoms with E-state index in [1.807, 2.05) is 18.2 Å². The fourth-order valence-corrected chi connectivity index (χ4v) is 1.48. The Balaban J connectivity index is 0.000000810. The predicted molar refractivity (Wildman–Crippen MR) is 49.1 cm³/mol. The third kappa shape index (κ3) is 3.04. The summed E-state index contributed by atoms with van der Waals surface area (Å²) in [6.45, 7) is 0. The summed E-state index contributed by atoms with van der Waals surface area (Å²) in [5.41, 5.74) is 0. The Hall–Kier alpha value is 1.15. The summed E-state index contributed by atoms with van der Waals surface area (Å²) in [6.07, 6.45) is 0. The summed E-state index contributed by atoms with van der Waals surface area (Å²) in [7, 11) is 0. The number of thiol groups is 1. The molecule has 10 heavy (non-hydrogen) atoms. The fourth-order valence-electron chi connectivity index (χ4n) is 0.486. The molecule has 50 valence electrons. The van der Waals surface area contributed by atoms with Gasteiger partial charge in [0.1, 0.15) is 0 Å². The van der Waals surface area contributed by atoms with E-state index in [1.165, 1.54) is 0 Å². The van der Waals surface area contributed by atoms with Crippen molar-refractivity contribution in [3.63, 3.8) is 0 Å². The summed E-state index contributed by atoms with van der Waals surface area (Å²) >= 11 is 10.8. The van der Waals surface area contributed by atoms with Gasteiger partial charge in [-0.2, -0.15) is 0 Å². The molecule has 0 saturated carbocycles. The molecule has 0 radical (unpaired) electrons. The van der Waals surface area contributed by atoms with E-state index < -0.39 is 0 Å². The first-order valence-corrected chi connectivity index (χ1v) is 4.37. The summed E-state index contributed by atoms with van der Waals surface area (Å²) in [4.78, 5) is 0.948. The van der Waals surface area contributed by atoms with Crippen molar-refractivity contribution in [2.24, 2.45) is 0 Å². The van der Waals surface area contributed by atoms with Crippen LogP contribution in [0.4, 0.5) is 0 Å². The minimum atomic E-state index is 0. The van der Waals surface area contributed by atoms with E-state index in [1.54, 1.807) is 0 Å². The molecule has 0 saturated heterocycles. The van der Waals surface area contributed by atoms with Gasteiger partial charge < -0.3 is 0 Å². The molecular formula is C6H4Br2SZn.